The van der Waals surface area contributed by atoms with Gasteiger partial charge in [-0.2, -0.15) is 0 Å². The highest BCUT2D eigenvalue weighted by Gasteiger charge is 2.15. The second-order valence-electron chi connectivity index (χ2n) is 5.79. The van der Waals surface area contributed by atoms with Crippen LogP contribution in [0.3, 0.4) is 0 Å². The van der Waals surface area contributed by atoms with E-state index in [0.717, 1.165) is 31.0 Å². The molecule has 0 saturated carbocycles. The Bertz CT molecular complexity index is 419. The van der Waals surface area contributed by atoms with Crippen molar-refractivity contribution in [1.82, 2.24) is 4.90 Å². The monoisotopic (exact) mass is 275 g/mol. The number of aldehydes is 1. The molecule has 0 aliphatic carbocycles. The number of carbonyl (C=O) groups excluding carboxylic acids is 1. The minimum Gasteiger partial charge on any atom is -0.494 e. The van der Waals surface area contributed by atoms with E-state index in [1.807, 2.05) is 12.1 Å². The van der Waals surface area contributed by atoms with E-state index >= 15 is 0 Å². The van der Waals surface area contributed by atoms with Crippen molar-refractivity contribution >= 4 is 6.29 Å². The van der Waals surface area contributed by atoms with Crippen molar-refractivity contribution in [2.45, 2.75) is 32.6 Å². The average Bonchev–Trinajstić information content (AvgIpc) is 2.47. The molecule has 1 aliphatic rings. The van der Waals surface area contributed by atoms with Crippen LogP contribution in [0.4, 0.5) is 0 Å². The molecule has 1 aromatic rings. The number of piperidine rings is 1. The molecule has 1 fully saturated rings. The highest BCUT2D eigenvalue weighted by Crippen LogP contribution is 2.16. The third-order valence-electron chi connectivity index (χ3n) is 3.87. The standard InChI is InChI=1S/C17H25NO2/c1-15-6-5-10-18(13-15)9-2-3-11-20-17-8-4-7-16(12-17)14-19/h4,7-8,12,14-15H,2-3,5-6,9-11,13H2,1H3/t15-/m1/s1. The van der Waals surface area contributed by atoms with Crippen LogP contribution in [0.5, 0.6) is 5.75 Å². The Labute approximate surface area is 121 Å². The number of rotatable bonds is 7. The van der Waals surface area contributed by atoms with Crippen LogP contribution in [-0.4, -0.2) is 37.4 Å². The molecule has 0 N–H and O–H groups in total. The van der Waals surface area contributed by atoms with Gasteiger partial charge in [0.2, 0.25) is 0 Å². The molecule has 0 bridgehead atoms. The summed E-state index contributed by atoms with van der Waals surface area (Å²) >= 11 is 0. The van der Waals surface area contributed by atoms with E-state index in [4.69, 9.17) is 4.74 Å². The summed E-state index contributed by atoms with van der Waals surface area (Å²) in [5.74, 6) is 1.65. The zero-order valence-corrected chi connectivity index (χ0v) is 12.4. The maximum absolute atomic E-state index is 10.7. The van der Waals surface area contributed by atoms with Crippen LogP contribution in [0.25, 0.3) is 0 Å². The highest BCUT2D eigenvalue weighted by molar-refractivity contribution is 5.75. The maximum atomic E-state index is 10.7. The van der Waals surface area contributed by atoms with E-state index in [2.05, 4.69) is 11.8 Å². The smallest absolute Gasteiger partial charge is 0.150 e. The normalized spacial score (nSPS) is 19.8. The van der Waals surface area contributed by atoms with Gasteiger partial charge >= 0.3 is 0 Å². The van der Waals surface area contributed by atoms with Crippen LogP contribution in [-0.2, 0) is 0 Å². The SMILES string of the molecule is C[C@@H]1CCCN(CCCCOc2cccc(C=O)c2)C1. The summed E-state index contributed by atoms with van der Waals surface area (Å²) in [6, 6.07) is 7.34. The van der Waals surface area contributed by atoms with E-state index < -0.39 is 0 Å². The lowest BCUT2D eigenvalue weighted by Crippen LogP contribution is -2.35. The largest absolute Gasteiger partial charge is 0.494 e. The maximum Gasteiger partial charge on any atom is 0.150 e. The number of nitrogens with zero attached hydrogens (tertiary/aromatic N) is 1. The number of benzene rings is 1. The van der Waals surface area contributed by atoms with Gasteiger partial charge < -0.3 is 9.64 Å². The van der Waals surface area contributed by atoms with Crippen molar-refractivity contribution in [2.75, 3.05) is 26.2 Å². The van der Waals surface area contributed by atoms with Gasteiger partial charge in [0.1, 0.15) is 12.0 Å². The summed E-state index contributed by atoms with van der Waals surface area (Å²) in [4.78, 5) is 13.2. The zero-order valence-electron chi connectivity index (χ0n) is 12.4. The number of carbonyl (C=O) groups is 1. The molecule has 1 aliphatic heterocycles. The molecular formula is C17H25NO2. The van der Waals surface area contributed by atoms with Gasteiger partial charge in [0, 0.05) is 12.1 Å². The molecular weight excluding hydrogens is 250 g/mol. The van der Waals surface area contributed by atoms with Gasteiger partial charge in [-0.25, -0.2) is 0 Å². The lowest BCUT2D eigenvalue weighted by molar-refractivity contribution is 0.112. The Morgan fingerprint density at radius 2 is 2.30 bits per heavy atom. The van der Waals surface area contributed by atoms with Crippen molar-refractivity contribution in [1.29, 1.82) is 0 Å². The Hall–Kier alpha value is -1.35. The van der Waals surface area contributed by atoms with Gasteiger partial charge in [-0.15, -0.1) is 0 Å². The molecule has 0 aromatic heterocycles. The van der Waals surface area contributed by atoms with Gasteiger partial charge in [0.15, 0.2) is 0 Å². The van der Waals surface area contributed by atoms with Crippen molar-refractivity contribution in [2.24, 2.45) is 5.92 Å². The Morgan fingerprint density at radius 3 is 3.10 bits per heavy atom. The number of hydrogen-bond donors (Lipinski definition) is 0. The summed E-state index contributed by atoms with van der Waals surface area (Å²) in [5.41, 5.74) is 0.671. The zero-order chi connectivity index (χ0) is 14.2. The van der Waals surface area contributed by atoms with Crippen LogP contribution < -0.4 is 4.74 Å². The molecule has 1 heterocycles. The minimum absolute atomic E-state index is 0.671. The molecule has 20 heavy (non-hydrogen) atoms. The Morgan fingerprint density at radius 1 is 1.40 bits per heavy atom. The van der Waals surface area contributed by atoms with Crippen LogP contribution in [0, 0.1) is 5.92 Å². The fraction of sp³-hybridized carbons (Fsp3) is 0.588. The molecule has 1 saturated heterocycles. The topological polar surface area (TPSA) is 29.5 Å². The first-order valence-corrected chi connectivity index (χ1v) is 7.68. The van der Waals surface area contributed by atoms with E-state index in [9.17, 15) is 4.79 Å². The molecule has 1 aromatic carbocycles. The van der Waals surface area contributed by atoms with Crippen LogP contribution in [0.1, 0.15) is 43.0 Å². The Kier molecular flexibility index (Phi) is 6.06. The molecule has 0 radical (unpaired) electrons. The molecule has 2 rings (SSSR count). The second kappa shape index (κ2) is 8.05. The number of unbranched alkanes of at least 4 members (excludes halogenated alkanes) is 1. The van der Waals surface area contributed by atoms with E-state index in [-0.39, 0.29) is 0 Å². The van der Waals surface area contributed by atoms with Crippen molar-refractivity contribution < 1.29 is 9.53 Å². The van der Waals surface area contributed by atoms with Gasteiger partial charge in [-0.1, -0.05) is 19.1 Å². The number of likely N-dealkylation sites (tertiary alicyclic amines) is 1. The van der Waals surface area contributed by atoms with Crippen molar-refractivity contribution in [3.8, 4) is 5.75 Å². The summed E-state index contributed by atoms with van der Waals surface area (Å²) in [7, 11) is 0. The van der Waals surface area contributed by atoms with Gasteiger partial charge in [0.25, 0.3) is 0 Å². The highest BCUT2D eigenvalue weighted by atomic mass is 16.5. The van der Waals surface area contributed by atoms with Gasteiger partial charge in [-0.05, 0) is 56.8 Å². The summed E-state index contributed by atoms with van der Waals surface area (Å²) in [6.07, 6.45) is 5.82. The van der Waals surface area contributed by atoms with Gasteiger partial charge in [-0.3, -0.25) is 4.79 Å². The third kappa shape index (κ3) is 4.97. The lowest BCUT2D eigenvalue weighted by atomic mass is 10.0. The minimum atomic E-state index is 0.671. The van der Waals surface area contributed by atoms with Crippen LogP contribution >= 0.6 is 0 Å². The van der Waals surface area contributed by atoms with E-state index in [1.165, 1.54) is 38.9 Å². The number of ether oxygens (including phenoxy) is 1. The first kappa shape index (κ1) is 15.0. The molecule has 0 spiro atoms. The van der Waals surface area contributed by atoms with Crippen LogP contribution in [0.2, 0.25) is 0 Å². The quantitative estimate of drug-likeness (QED) is 0.564. The molecule has 3 heteroatoms. The molecule has 0 amide bonds. The second-order valence-corrected chi connectivity index (χ2v) is 5.79. The molecule has 110 valence electrons. The van der Waals surface area contributed by atoms with E-state index in [1.54, 1.807) is 12.1 Å². The number of hydrogen-bond acceptors (Lipinski definition) is 3. The fourth-order valence-corrected chi connectivity index (χ4v) is 2.79. The first-order valence-electron chi connectivity index (χ1n) is 7.68. The lowest BCUT2D eigenvalue weighted by Gasteiger charge is -2.30. The summed E-state index contributed by atoms with van der Waals surface area (Å²) in [6.45, 7) is 6.76. The summed E-state index contributed by atoms with van der Waals surface area (Å²) in [5, 5.41) is 0. The Balaban J connectivity index is 1.60. The summed E-state index contributed by atoms with van der Waals surface area (Å²) < 4.78 is 5.68. The molecule has 0 unspecified atom stereocenters. The first-order chi connectivity index (χ1) is 9.78. The van der Waals surface area contributed by atoms with E-state index in [0.29, 0.717) is 5.56 Å². The van der Waals surface area contributed by atoms with Crippen LogP contribution in [0.15, 0.2) is 24.3 Å². The van der Waals surface area contributed by atoms with Crippen molar-refractivity contribution in [3.05, 3.63) is 29.8 Å². The molecule has 3 nitrogen and oxygen atoms in total. The van der Waals surface area contributed by atoms with Gasteiger partial charge in [0.05, 0.1) is 6.61 Å². The predicted octanol–water partition coefficient (Wildman–Crippen LogP) is 3.39. The fourth-order valence-electron chi connectivity index (χ4n) is 2.79. The van der Waals surface area contributed by atoms with Crippen molar-refractivity contribution in [3.63, 3.8) is 0 Å². The average molecular weight is 275 g/mol. The predicted molar refractivity (Wildman–Crippen MR) is 81.4 cm³/mol. The molecule has 1 atom stereocenters. The third-order valence-corrected chi connectivity index (χ3v) is 3.87.